The van der Waals surface area contributed by atoms with Crippen molar-refractivity contribution in [3.8, 4) is 0 Å². The Kier molecular flexibility index (Phi) is 8.63. The molecule has 1 saturated heterocycles. The normalized spacial score (nSPS) is 19.2. The molecule has 0 radical (unpaired) electrons. The first-order chi connectivity index (χ1) is 21.0. The third-order valence-electron chi connectivity index (χ3n) is 9.06. The third-order valence-corrected chi connectivity index (χ3v) is 9.06. The van der Waals surface area contributed by atoms with Gasteiger partial charge in [0.15, 0.2) is 0 Å². The van der Waals surface area contributed by atoms with Crippen molar-refractivity contribution in [2.75, 3.05) is 35.2 Å². The molecule has 0 saturated carbocycles. The minimum atomic E-state index is -0.360. The predicted octanol–water partition coefficient (Wildman–Crippen LogP) is 6.30. The molecule has 3 aliphatic rings. The number of aromatic nitrogens is 1. The van der Waals surface area contributed by atoms with E-state index in [1.54, 1.807) is 12.1 Å². The fourth-order valence-corrected chi connectivity index (χ4v) is 6.83. The van der Waals surface area contributed by atoms with Gasteiger partial charge in [-0.25, -0.2) is 4.79 Å². The summed E-state index contributed by atoms with van der Waals surface area (Å²) in [4.78, 5) is 41.2. The average molecular weight is 580 g/mol. The number of anilines is 3. The summed E-state index contributed by atoms with van der Waals surface area (Å²) in [5.41, 5.74) is 6.44. The number of nitrogens with zero attached hydrogens (tertiary/aromatic N) is 2. The van der Waals surface area contributed by atoms with E-state index in [1.807, 2.05) is 47.0 Å². The van der Waals surface area contributed by atoms with Crippen LogP contribution in [0.15, 0.2) is 77.1 Å². The minimum Gasteiger partial charge on any atom is -0.369 e. The van der Waals surface area contributed by atoms with Crippen molar-refractivity contribution >= 4 is 29.0 Å². The minimum absolute atomic E-state index is 0.0572. The molecule has 3 amide bonds. The quantitative estimate of drug-likeness (QED) is 0.273. The molecular weight excluding hydrogens is 538 g/mol. The summed E-state index contributed by atoms with van der Waals surface area (Å²) in [6.45, 7) is 4.88. The van der Waals surface area contributed by atoms with Crippen molar-refractivity contribution in [1.29, 1.82) is 0 Å². The molecule has 3 N–H and O–H groups in total. The first-order valence-corrected chi connectivity index (χ1v) is 15.7. The SMILES string of the molecule is CCc1ccc(NC(=O)Nc2cc(C(=O)NCCC3=CCCCC3)ccc2N2CC3CC(C2)c2cccc(=O)n2C3)cc1. The molecule has 3 aromatic rings. The highest BCUT2D eigenvalue weighted by molar-refractivity contribution is 6.04. The molecule has 1 aromatic heterocycles. The van der Waals surface area contributed by atoms with E-state index in [1.165, 1.54) is 24.0 Å². The number of allylic oxidation sites excluding steroid dienone is 1. The van der Waals surface area contributed by atoms with Crippen LogP contribution < -0.4 is 26.4 Å². The lowest BCUT2D eigenvalue weighted by molar-refractivity contribution is 0.0954. The number of piperidine rings is 1. The number of carbonyl (C=O) groups is 2. The second kappa shape index (κ2) is 12.9. The first kappa shape index (κ1) is 28.8. The van der Waals surface area contributed by atoms with Crippen LogP contribution in [0.3, 0.4) is 0 Å². The summed E-state index contributed by atoms with van der Waals surface area (Å²) in [6, 6.07) is 18.6. The molecule has 224 valence electrons. The molecule has 2 atom stereocenters. The van der Waals surface area contributed by atoms with Gasteiger partial charge in [-0.3, -0.25) is 9.59 Å². The second-order valence-corrected chi connectivity index (χ2v) is 12.1. The highest BCUT2D eigenvalue weighted by atomic mass is 16.2. The van der Waals surface area contributed by atoms with Gasteiger partial charge in [0, 0.05) is 55.1 Å². The number of pyridine rings is 1. The van der Waals surface area contributed by atoms with Crippen molar-refractivity contribution in [1.82, 2.24) is 9.88 Å². The van der Waals surface area contributed by atoms with E-state index in [0.29, 0.717) is 35.9 Å². The smallest absolute Gasteiger partial charge is 0.323 e. The maximum Gasteiger partial charge on any atom is 0.323 e. The number of carbonyl (C=O) groups excluding carboxylic acids is 2. The van der Waals surface area contributed by atoms with Crippen LogP contribution in [0.2, 0.25) is 0 Å². The molecule has 1 fully saturated rings. The average Bonchev–Trinajstić information content (AvgIpc) is 3.02. The van der Waals surface area contributed by atoms with Crippen LogP contribution >= 0.6 is 0 Å². The Balaban J connectivity index is 1.22. The first-order valence-electron chi connectivity index (χ1n) is 15.7. The number of rotatable bonds is 8. The van der Waals surface area contributed by atoms with Gasteiger partial charge in [-0.2, -0.15) is 0 Å². The van der Waals surface area contributed by atoms with Gasteiger partial charge in [0.25, 0.3) is 11.5 Å². The van der Waals surface area contributed by atoms with Gasteiger partial charge < -0.3 is 25.4 Å². The van der Waals surface area contributed by atoms with Crippen molar-refractivity contribution in [3.63, 3.8) is 0 Å². The number of fused-ring (bicyclic) bond motifs is 4. The van der Waals surface area contributed by atoms with Crippen LogP contribution in [0.4, 0.5) is 21.9 Å². The molecule has 43 heavy (non-hydrogen) atoms. The van der Waals surface area contributed by atoms with Gasteiger partial charge in [-0.1, -0.05) is 36.8 Å². The molecule has 2 bridgehead atoms. The Morgan fingerprint density at radius 3 is 2.60 bits per heavy atom. The molecule has 8 nitrogen and oxygen atoms in total. The zero-order valence-electron chi connectivity index (χ0n) is 24.9. The van der Waals surface area contributed by atoms with Crippen LogP contribution in [-0.2, 0) is 13.0 Å². The third kappa shape index (κ3) is 6.69. The fraction of sp³-hybridized carbons (Fsp3) is 0.400. The lowest BCUT2D eigenvalue weighted by atomic mass is 9.83. The second-order valence-electron chi connectivity index (χ2n) is 12.1. The lowest BCUT2D eigenvalue weighted by Crippen LogP contribution is -2.47. The maximum atomic E-state index is 13.2. The number of hydrogen-bond acceptors (Lipinski definition) is 4. The monoisotopic (exact) mass is 579 g/mol. The van der Waals surface area contributed by atoms with Crippen molar-refractivity contribution in [3.05, 3.63) is 99.5 Å². The summed E-state index contributed by atoms with van der Waals surface area (Å²) < 4.78 is 1.92. The van der Waals surface area contributed by atoms with E-state index in [-0.39, 0.29) is 23.4 Å². The number of urea groups is 1. The Bertz CT molecular complexity index is 1580. The van der Waals surface area contributed by atoms with Crippen LogP contribution in [0, 0.1) is 5.92 Å². The summed E-state index contributed by atoms with van der Waals surface area (Å²) in [7, 11) is 0. The van der Waals surface area contributed by atoms with Gasteiger partial charge in [0.1, 0.15) is 0 Å². The van der Waals surface area contributed by atoms with Crippen molar-refractivity contribution < 1.29 is 9.59 Å². The van der Waals surface area contributed by atoms with E-state index in [2.05, 4.69) is 39.9 Å². The highest BCUT2D eigenvalue weighted by Gasteiger charge is 2.35. The lowest BCUT2D eigenvalue weighted by Gasteiger charge is -2.44. The van der Waals surface area contributed by atoms with E-state index >= 15 is 0 Å². The predicted molar refractivity (Wildman–Crippen MR) is 172 cm³/mol. The molecule has 6 rings (SSSR count). The summed E-state index contributed by atoms with van der Waals surface area (Å²) in [5.74, 6) is 0.393. The highest BCUT2D eigenvalue weighted by Crippen LogP contribution is 2.39. The zero-order valence-corrected chi connectivity index (χ0v) is 24.9. The molecule has 2 aliphatic heterocycles. The largest absolute Gasteiger partial charge is 0.369 e. The Labute approximate surface area is 253 Å². The molecule has 0 spiro atoms. The molecule has 2 aromatic carbocycles. The Hall–Kier alpha value is -4.33. The summed E-state index contributed by atoms with van der Waals surface area (Å²) >= 11 is 0. The summed E-state index contributed by atoms with van der Waals surface area (Å²) in [5, 5.41) is 9.05. The van der Waals surface area contributed by atoms with Crippen LogP contribution in [0.5, 0.6) is 0 Å². The van der Waals surface area contributed by atoms with E-state index in [4.69, 9.17) is 0 Å². The van der Waals surface area contributed by atoms with Crippen LogP contribution in [0.1, 0.15) is 73.0 Å². The van der Waals surface area contributed by atoms with Crippen LogP contribution in [-0.4, -0.2) is 36.1 Å². The molecule has 1 aliphatic carbocycles. The molecule has 2 unspecified atom stereocenters. The van der Waals surface area contributed by atoms with Crippen LogP contribution in [0.25, 0.3) is 0 Å². The van der Waals surface area contributed by atoms with Crippen molar-refractivity contribution in [2.24, 2.45) is 5.92 Å². The van der Waals surface area contributed by atoms with E-state index in [9.17, 15) is 14.4 Å². The van der Waals surface area contributed by atoms with Gasteiger partial charge in [-0.15, -0.1) is 0 Å². The van der Waals surface area contributed by atoms with Gasteiger partial charge in [-0.05, 0) is 92.8 Å². The van der Waals surface area contributed by atoms with Crippen molar-refractivity contribution in [2.45, 2.75) is 64.3 Å². The maximum absolute atomic E-state index is 13.2. The number of amides is 3. The topological polar surface area (TPSA) is 95.5 Å². The zero-order chi connectivity index (χ0) is 29.8. The summed E-state index contributed by atoms with van der Waals surface area (Å²) in [6.07, 6.45) is 9.86. The van der Waals surface area contributed by atoms with E-state index < -0.39 is 0 Å². The number of aryl methyl sites for hydroxylation is 1. The van der Waals surface area contributed by atoms with Gasteiger partial charge in [0.2, 0.25) is 0 Å². The molecule has 8 heteroatoms. The number of hydrogen-bond donors (Lipinski definition) is 3. The Morgan fingerprint density at radius 1 is 0.953 bits per heavy atom. The standard InChI is InChI=1S/C35H41N5O3/c1-2-24-11-14-29(15-12-24)37-35(43)38-30-20-27(34(42)36-18-17-25-7-4-3-5-8-25)13-16-32(30)39-21-26-19-28(23-39)31-9-6-10-33(41)40(31)22-26/h6-7,9-16,20,26,28H,2-5,8,17-19,21-23H2,1H3,(H,36,42)(H2,37,38,43). The Morgan fingerprint density at radius 2 is 1.81 bits per heavy atom. The fourth-order valence-electron chi connectivity index (χ4n) is 6.83. The number of benzene rings is 2. The van der Waals surface area contributed by atoms with Gasteiger partial charge >= 0.3 is 6.03 Å². The van der Waals surface area contributed by atoms with Gasteiger partial charge in [0.05, 0.1) is 11.4 Å². The molecular formula is C35H41N5O3. The van der Waals surface area contributed by atoms with E-state index in [0.717, 1.165) is 56.6 Å². The number of nitrogens with one attached hydrogen (secondary N) is 3. The molecule has 3 heterocycles.